The first kappa shape index (κ1) is 17.0. The maximum Gasteiger partial charge on any atom is 0.654 e. The van der Waals surface area contributed by atoms with Gasteiger partial charge in [0.05, 0.1) is 18.9 Å². The molecule has 0 bridgehead atoms. The van der Waals surface area contributed by atoms with Gasteiger partial charge in [0.1, 0.15) is 18.9 Å². The van der Waals surface area contributed by atoms with E-state index in [2.05, 4.69) is 0 Å². The van der Waals surface area contributed by atoms with Gasteiger partial charge in [-0.1, -0.05) is 4.34 Å². The number of aryl methyl sites for hydroxylation is 1. The van der Waals surface area contributed by atoms with Crippen LogP contribution in [0.25, 0.3) is 0 Å². The highest BCUT2D eigenvalue weighted by molar-refractivity contribution is 7.37. The van der Waals surface area contributed by atoms with Gasteiger partial charge in [0.2, 0.25) is 0 Å². The zero-order valence-corrected chi connectivity index (χ0v) is 13.1. The Kier molecular flexibility index (Phi) is 5.25. The Balaban J connectivity index is 2.50. The number of hydrogen-bond donors (Lipinski definition) is 2. The summed E-state index contributed by atoms with van der Waals surface area (Å²) in [6.07, 6.45) is -1.73. The minimum absolute atomic E-state index is 0.0186. The second-order valence-electron chi connectivity index (χ2n) is 4.88. The van der Waals surface area contributed by atoms with Gasteiger partial charge >= 0.3 is 13.9 Å². The van der Waals surface area contributed by atoms with Crippen LogP contribution in [0.4, 0.5) is 0 Å². The molecule has 0 spiro atoms. The smallest absolute Gasteiger partial charge is 0.394 e. The molecule has 0 aromatic carbocycles. The SMILES string of the molecule is CCO[P+](=O)n1cc(C)c(=O)n(C2C[C@H](O)[C@@H](CO)O2)c1=O. The largest absolute Gasteiger partial charge is 0.654 e. The minimum atomic E-state index is -2.45. The van der Waals surface area contributed by atoms with Crippen molar-refractivity contribution in [3.8, 4) is 0 Å². The summed E-state index contributed by atoms with van der Waals surface area (Å²) in [6, 6.07) is 0. The molecule has 2 unspecified atom stereocenters. The van der Waals surface area contributed by atoms with Crippen molar-refractivity contribution in [2.24, 2.45) is 0 Å². The Labute approximate surface area is 126 Å². The van der Waals surface area contributed by atoms with E-state index in [1.54, 1.807) is 6.92 Å². The van der Waals surface area contributed by atoms with E-state index in [9.17, 15) is 19.3 Å². The van der Waals surface area contributed by atoms with Crippen LogP contribution in [0.3, 0.4) is 0 Å². The van der Waals surface area contributed by atoms with Crippen LogP contribution in [0.15, 0.2) is 15.8 Å². The Morgan fingerprint density at radius 2 is 2.18 bits per heavy atom. The van der Waals surface area contributed by atoms with E-state index in [0.717, 1.165) is 8.90 Å². The van der Waals surface area contributed by atoms with Crippen molar-refractivity contribution in [2.45, 2.75) is 38.7 Å². The number of aliphatic hydroxyl groups excluding tert-OH is 2. The number of aliphatic hydroxyl groups is 2. The Morgan fingerprint density at radius 1 is 1.50 bits per heavy atom. The molecule has 10 heteroatoms. The number of nitrogens with zero attached hydrogens (tertiary/aromatic N) is 2. The van der Waals surface area contributed by atoms with Crippen LogP contribution in [-0.2, 0) is 13.8 Å². The topological polar surface area (TPSA) is 120 Å². The summed E-state index contributed by atoms with van der Waals surface area (Å²) in [5, 5.41) is 18.8. The molecular formula is C12H18N2O7P+. The Hall–Kier alpha value is -1.38. The third-order valence-electron chi connectivity index (χ3n) is 3.36. The summed E-state index contributed by atoms with van der Waals surface area (Å²) >= 11 is 0. The molecule has 0 amide bonds. The van der Waals surface area contributed by atoms with Gasteiger partial charge in [-0.3, -0.25) is 4.79 Å². The fraction of sp³-hybridized carbons (Fsp3) is 0.667. The second kappa shape index (κ2) is 6.80. The minimum Gasteiger partial charge on any atom is -0.394 e. The molecule has 4 atom stereocenters. The molecule has 1 aromatic heterocycles. The second-order valence-corrected chi connectivity index (χ2v) is 6.05. The summed E-state index contributed by atoms with van der Waals surface area (Å²) in [5.41, 5.74) is -1.26. The lowest BCUT2D eigenvalue weighted by molar-refractivity contribution is -0.0471. The van der Waals surface area contributed by atoms with Crippen molar-refractivity contribution in [3.05, 3.63) is 32.6 Å². The molecule has 1 aromatic rings. The number of hydrogen-bond acceptors (Lipinski definition) is 7. The standard InChI is InChI=1S/C12H18N2O7P/c1-3-20-22(19)13-5-7(2)11(17)14(12(13)18)10-4-8(16)9(6-15)21-10/h5,8-10,15-16H,3-4,6H2,1-2H3/q+1/t8-,9+,10?/m0/s1. The van der Waals surface area contributed by atoms with E-state index in [1.165, 1.54) is 13.1 Å². The molecule has 2 rings (SSSR count). The molecule has 0 aliphatic carbocycles. The van der Waals surface area contributed by atoms with Crippen LogP contribution in [0.1, 0.15) is 25.1 Å². The van der Waals surface area contributed by atoms with Gasteiger partial charge in [-0.15, -0.1) is 4.52 Å². The molecule has 1 saturated heterocycles. The number of rotatable bonds is 5. The molecule has 1 aliphatic heterocycles. The van der Waals surface area contributed by atoms with Gasteiger partial charge in [-0.05, 0) is 18.4 Å². The summed E-state index contributed by atoms with van der Waals surface area (Å²) in [4.78, 5) is 24.6. The summed E-state index contributed by atoms with van der Waals surface area (Å²) in [7, 11) is -2.45. The maximum absolute atomic E-state index is 12.4. The van der Waals surface area contributed by atoms with Crippen molar-refractivity contribution in [1.82, 2.24) is 8.90 Å². The van der Waals surface area contributed by atoms with E-state index in [0.29, 0.717) is 0 Å². The lowest BCUT2D eigenvalue weighted by Crippen LogP contribution is -2.41. The van der Waals surface area contributed by atoms with E-state index in [4.69, 9.17) is 14.4 Å². The third-order valence-corrected chi connectivity index (χ3v) is 4.48. The highest BCUT2D eigenvalue weighted by Crippen LogP contribution is 2.27. The Morgan fingerprint density at radius 3 is 2.73 bits per heavy atom. The van der Waals surface area contributed by atoms with Crippen LogP contribution in [0.5, 0.6) is 0 Å². The average molecular weight is 333 g/mol. The lowest BCUT2D eigenvalue weighted by Gasteiger charge is -2.14. The Bertz CT molecular complexity index is 683. The quantitative estimate of drug-likeness (QED) is 0.697. The van der Waals surface area contributed by atoms with Gasteiger partial charge < -0.3 is 14.9 Å². The van der Waals surface area contributed by atoms with E-state index >= 15 is 0 Å². The van der Waals surface area contributed by atoms with Crippen LogP contribution < -0.4 is 11.2 Å². The monoisotopic (exact) mass is 333 g/mol. The summed E-state index contributed by atoms with van der Waals surface area (Å²) < 4.78 is 23.8. The van der Waals surface area contributed by atoms with Gasteiger partial charge in [0.15, 0.2) is 0 Å². The molecule has 0 saturated carbocycles. The molecular weight excluding hydrogens is 315 g/mol. The predicted molar refractivity (Wildman–Crippen MR) is 75.9 cm³/mol. The molecule has 9 nitrogen and oxygen atoms in total. The molecule has 122 valence electrons. The normalized spacial score (nSPS) is 25.5. The van der Waals surface area contributed by atoms with Gasteiger partial charge in [0, 0.05) is 12.0 Å². The first-order chi connectivity index (χ1) is 10.4. The van der Waals surface area contributed by atoms with Crippen molar-refractivity contribution in [1.29, 1.82) is 0 Å². The molecule has 2 N–H and O–H groups in total. The predicted octanol–water partition coefficient (Wildman–Crippen LogP) is -0.499. The molecule has 1 fully saturated rings. The fourth-order valence-corrected chi connectivity index (χ4v) is 3.11. The first-order valence-electron chi connectivity index (χ1n) is 6.80. The van der Waals surface area contributed by atoms with Crippen LogP contribution in [0.2, 0.25) is 0 Å². The van der Waals surface area contributed by atoms with Crippen molar-refractivity contribution in [3.63, 3.8) is 0 Å². The zero-order valence-electron chi connectivity index (χ0n) is 12.2. The summed E-state index contributed by atoms with van der Waals surface area (Å²) in [6.45, 7) is 2.81. The van der Waals surface area contributed by atoms with Gasteiger partial charge in [-0.2, -0.15) is 0 Å². The van der Waals surface area contributed by atoms with Crippen LogP contribution in [-0.4, -0.2) is 44.5 Å². The van der Waals surface area contributed by atoms with Crippen molar-refractivity contribution in [2.75, 3.05) is 13.2 Å². The molecule has 22 heavy (non-hydrogen) atoms. The van der Waals surface area contributed by atoms with Crippen LogP contribution in [0, 0.1) is 6.92 Å². The number of aromatic nitrogens is 2. The highest BCUT2D eigenvalue weighted by Gasteiger charge is 2.37. The number of ether oxygens (including phenoxy) is 1. The molecule has 2 heterocycles. The first-order valence-corrected chi connectivity index (χ1v) is 7.93. The van der Waals surface area contributed by atoms with Crippen LogP contribution >= 0.6 is 8.18 Å². The third kappa shape index (κ3) is 3.04. The lowest BCUT2D eigenvalue weighted by atomic mass is 10.2. The summed E-state index contributed by atoms with van der Waals surface area (Å²) in [5.74, 6) is 0. The fourth-order valence-electron chi connectivity index (χ4n) is 2.26. The average Bonchev–Trinajstić information content (AvgIpc) is 2.84. The van der Waals surface area contributed by atoms with Gasteiger partial charge in [0.25, 0.3) is 5.56 Å². The zero-order chi connectivity index (χ0) is 16.4. The molecule has 0 radical (unpaired) electrons. The highest BCUT2D eigenvalue weighted by atomic mass is 31.1. The van der Waals surface area contributed by atoms with E-state index in [1.807, 2.05) is 0 Å². The molecule has 1 aliphatic rings. The van der Waals surface area contributed by atoms with Crippen molar-refractivity contribution >= 4 is 8.18 Å². The van der Waals surface area contributed by atoms with Crippen molar-refractivity contribution < 1.29 is 24.0 Å². The van der Waals surface area contributed by atoms with Gasteiger partial charge in [-0.25, -0.2) is 9.36 Å². The van der Waals surface area contributed by atoms with E-state index in [-0.39, 0.29) is 18.6 Å². The maximum atomic E-state index is 12.4. The van der Waals surface area contributed by atoms with E-state index < -0.39 is 44.5 Å².